The highest BCUT2D eigenvalue weighted by Crippen LogP contribution is 2.23. The van der Waals surface area contributed by atoms with Crippen molar-refractivity contribution in [2.24, 2.45) is 5.92 Å². The van der Waals surface area contributed by atoms with Crippen LogP contribution in [0.15, 0.2) is 18.2 Å². The fourth-order valence-corrected chi connectivity index (χ4v) is 3.16. The molecule has 1 aliphatic heterocycles. The van der Waals surface area contributed by atoms with E-state index in [9.17, 15) is 4.79 Å². The quantitative estimate of drug-likeness (QED) is 0.775. The molecule has 0 spiro atoms. The van der Waals surface area contributed by atoms with E-state index in [1.54, 1.807) is 7.11 Å². The average Bonchev–Trinajstić information content (AvgIpc) is 2.87. The minimum Gasteiger partial charge on any atom is -0.497 e. The van der Waals surface area contributed by atoms with Crippen molar-refractivity contribution in [3.8, 4) is 5.75 Å². The van der Waals surface area contributed by atoms with Crippen molar-refractivity contribution in [3.05, 3.63) is 27.3 Å². The third-order valence-electron chi connectivity index (χ3n) is 3.47. The first-order chi connectivity index (χ1) is 9.15. The Kier molecular flexibility index (Phi) is 7.05. The van der Waals surface area contributed by atoms with E-state index >= 15 is 0 Å². The molecular weight excluding hydrogens is 391 g/mol. The molecule has 0 aromatic heterocycles. The van der Waals surface area contributed by atoms with Crippen LogP contribution in [0.1, 0.15) is 16.8 Å². The maximum atomic E-state index is 12.5. The van der Waals surface area contributed by atoms with Crippen LogP contribution in [-0.2, 0) is 0 Å². The summed E-state index contributed by atoms with van der Waals surface area (Å²) in [6.45, 7) is 2.68. The Hall–Kier alpha value is -0.530. The molecule has 1 aromatic rings. The largest absolute Gasteiger partial charge is 0.497 e. The number of rotatable bonds is 4. The second-order valence-corrected chi connectivity index (χ2v) is 5.97. The van der Waals surface area contributed by atoms with Gasteiger partial charge in [-0.25, -0.2) is 0 Å². The van der Waals surface area contributed by atoms with E-state index < -0.39 is 0 Å². The smallest absolute Gasteiger partial charge is 0.254 e. The molecule has 6 heteroatoms. The lowest BCUT2D eigenvalue weighted by Crippen LogP contribution is -2.30. The molecule has 2 rings (SSSR count). The number of benzene rings is 1. The van der Waals surface area contributed by atoms with Gasteiger partial charge in [0.2, 0.25) is 0 Å². The van der Waals surface area contributed by atoms with E-state index in [4.69, 9.17) is 4.74 Å². The molecule has 0 radical (unpaired) electrons. The van der Waals surface area contributed by atoms with Gasteiger partial charge >= 0.3 is 0 Å². The second kappa shape index (κ2) is 8.05. The van der Waals surface area contributed by atoms with Crippen LogP contribution >= 0.6 is 35.0 Å². The van der Waals surface area contributed by atoms with Crippen molar-refractivity contribution in [1.82, 2.24) is 10.2 Å². The van der Waals surface area contributed by atoms with Crippen LogP contribution in [0.4, 0.5) is 0 Å². The van der Waals surface area contributed by atoms with Gasteiger partial charge in [-0.1, -0.05) is 0 Å². The summed E-state index contributed by atoms with van der Waals surface area (Å²) in [5.41, 5.74) is 0.770. The highest BCUT2D eigenvalue weighted by atomic mass is 127. The molecular formula is C14H20ClIN2O2. The maximum Gasteiger partial charge on any atom is 0.254 e. The van der Waals surface area contributed by atoms with E-state index in [0.717, 1.165) is 40.9 Å². The molecule has 4 nitrogen and oxygen atoms in total. The molecule has 0 aliphatic carbocycles. The second-order valence-electron chi connectivity index (χ2n) is 4.81. The Labute approximate surface area is 139 Å². The van der Waals surface area contributed by atoms with Gasteiger partial charge in [0.1, 0.15) is 5.75 Å². The van der Waals surface area contributed by atoms with Gasteiger partial charge in [0.25, 0.3) is 5.91 Å². The number of ether oxygens (including phenoxy) is 1. The molecule has 1 heterocycles. The van der Waals surface area contributed by atoms with E-state index in [1.807, 2.05) is 30.1 Å². The molecule has 0 saturated carbocycles. The molecule has 1 saturated heterocycles. The zero-order valence-electron chi connectivity index (χ0n) is 11.7. The van der Waals surface area contributed by atoms with Crippen LogP contribution in [-0.4, -0.2) is 44.6 Å². The lowest BCUT2D eigenvalue weighted by Gasteiger charge is -2.17. The summed E-state index contributed by atoms with van der Waals surface area (Å²) >= 11 is 2.19. The van der Waals surface area contributed by atoms with Crippen LogP contribution in [0.3, 0.4) is 0 Å². The third kappa shape index (κ3) is 3.99. The number of methoxy groups -OCH3 is 1. The average molecular weight is 411 g/mol. The number of hydrogen-bond donors (Lipinski definition) is 1. The van der Waals surface area contributed by atoms with E-state index in [1.165, 1.54) is 0 Å². The molecule has 1 aliphatic rings. The lowest BCUT2D eigenvalue weighted by molar-refractivity contribution is 0.0786. The first-order valence-corrected chi connectivity index (χ1v) is 7.51. The normalized spacial score (nSPS) is 17.8. The lowest BCUT2D eigenvalue weighted by atomic mass is 10.1. The highest BCUT2D eigenvalue weighted by Gasteiger charge is 2.27. The van der Waals surface area contributed by atoms with E-state index in [2.05, 4.69) is 27.9 Å². The number of nitrogens with one attached hydrogen (secondary N) is 1. The van der Waals surface area contributed by atoms with Crippen molar-refractivity contribution < 1.29 is 9.53 Å². The van der Waals surface area contributed by atoms with Gasteiger partial charge in [0, 0.05) is 16.7 Å². The summed E-state index contributed by atoms with van der Waals surface area (Å²) in [6, 6.07) is 5.60. The summed E-state index contributed by atoms with van der Waals surface area (Å²) in [7, 11) is 3.59. The predicted molar refractivity (Wildman–Crippen MR) is 90.9 cm³/mol. The van der Waals surface area contributed by atoms with Crippen molar-refractivity contribution in [3.63, 3.8) is 0 Å². The molecule has 20 heavy (non-hydrogen) atoms. The summed E-state index contributed by atoms with van der Waals surface area (Å²) < 4.78 is 6.11. The summed E-state index contributed by atoms with van der Waals surface area (Å²) in [5, 5.41) is 3.18. The predicted octanol–water partition coefficient (Wildman–Crippen LogP) is 2.40. The molecule has 1 N–H and O–H groups in total. The SMILES string of the molecule is CNCC1CCN(C(=O)c2ccc(OC)cc2I)C1.Cl. The Morgan fingerprint density at radius 2 is 2.30 bits per heavy atom. The van der Waals surface area contributed by atoms with Crippen molar-refractivity contribution >= 4 is 40.9 Å². The zero-order valence-corrected chi connectivity index (χ0v) is 14.7. The van der Waals surface area contributed by atoms with Crippen LogP contribution in [0.2, 0.25) is 0 Å². The Balaban J connectivity index is 0.00000200. The van der Waals surface area contributed by atoms with E-state index in [-0.39, 0.29) is 18.3 Å². The molecule has 1 unspecified atom stereocenters. The number of carbonyl (C=O) groups is 1. The monoisotopic (exact) mass is 410 g/mol. The van der Waals surface area contributed by atoms with Gasteiger partial charge < -0.3 is 15.0 Å². The maximum absolute atomic E-state index is 12.5. The summed E-state index contributed by atoms with van der Waals surface area (Å²) in [4.78, 5) is 14.4. The van der Waals surface area contributed by atoms with Crippen molar-refractivity contribution in [2.75, 3.05) is 33.8 Å². The summed E-state index contributed by atoms with van der Waals surface area (Å²) in [5.74, 6) is 1.49. The van der Waals surface area contributed by atoms with E-state index in [0.29, 0.717) is 5.92 Å². The van der Waals surface area contributed by atoms with Crippen molar-refractivity contribution in [1.29, 1.82) is 0 Å². The third-order valence-corrected chi connectivity index (χ3v) is 4.37. The minimum atomic E-state index is 0. The minimum absolute atomic E-state index is 0. The number of hydrogen-bond acceptors (Lipinski definition) is 3. The molecule has 1 fully saturated rings. The highest BCUT2D eigenvalue weighted by molar-refractivity contribution is 14.1. The number of carbonyl (C=O) groups excluding carboxylic acids is 1. The number of likely N-dealkylation sites (tertiary alicyclic amines) is 1. The number of nitrogens with zero attached hydrogens (tertiary/aromatic N) is 1. The van der Waals surface area contributed by atoms with Crippen LogP contribution < -0.4 is 10.1 Å². The first-order valence-electron chi connectivity index (χ1n) is 6.43. The van der Waals surface area contributed by atoms with Gasteiger partial charge in [-0.2, -0.15) is 0 Å². The fraction of sp³-hybridized carbons (Fsp3) is 0.500. The van der Waals surface area contributed by atoms with Crippen LogP contribution in [0.5, 0.6) is 5.75 Å². The van der Waals surface area contributed by atoms with Crippen LogP contribution in [0, 0.1) is 9.49 Å². The fourth-order valence-electron chi connectivity index (χ4n) is 2.44. The topological polar surface area (TPSA) is 41.6 Å². The number of amides is 1. The summed E-state index contributed by atoms with van der Waals surface area (Å²) in [6.07, 6.45) is 1.08. The van der Waals surface area contributed by atoms with Crippen molar-refractivity contribution in [2.45, 2.75) is 6.42 Å². The number of halogens is 2. The molecule has 1 atom stereocenters. The standard InChI is InChI=1S/C14H19IN2O2.ClH/c1-16-8-10-5-6-17(9-10)14(18)12-4-3-11(19-2)7-13(12)15;/h3-4,7,10,16H,5-6,8-9H2,1-2H3;1H. The zero-order chi connectivity index (χ0) is 13.8. The van der Waals surface area contributed by atoms with Gasteiger partial charge in [-0.3, -0.25) is 4.79 Å². The van der Waals surface area contributed by atoms with Crippen LogP contribution in [0.25, 0.3) is 0 Å². The Bertz CT molecular complexity index is 470. The Morgan fingerprint density at radius 3 is 2.90 bits per heavy atom. The van der Waals surface area contributed by atoms with Gasteiger partial charge in [0.15, 0.2) is 0 Å². The molecule has 1 aromatic carbocycles. The molecule has 0 bridgehead atoms. The van der Waals surface area contributed by atoms with Gasteiger partial charge in [-0.15, -0.1) is 12.4 Å². The Morgan fingerprint density at radius 1 is 1.55 bits per heavy atom. The van der Waals surface area contributed by atoms with Gasteiger partial charge in [-0.05, 0) is 66.7 Å². The first kappa shape index (κ1) is 17.5. The molecule has 112 valence electrons. The van der Waals surface area contributed by atoms with Gasteiger partial charge in [0.05, 0.1) is 12.7 Å². The molecule has 1 amide bonds.